The van der Waals surface area contributed by atoms with Gasteiger partial charge in [0.1, 0.15) is 0 Å². The van der Waals surface area contributed by atoms with E-state index in [0.29, 0.717) is 6.54 Å². The quantitative estimate of drug-likeness (QED) is 0.637. The first-order valence-corrected chi connectivity index (χ1v) is 5.04. The zero-order valence-electron chi connectivity index (χ0n) is 9.24. The van der Waals surface area contributed by atoms with Gasteiger partial charge in [-0.3, -0.25) is 4.79 Å². The van der Waals surface area contributed by atoms with Crippen LogP contribution < -0.4 is 0 Å². The Hall–Kier alpha value is -1.51. The van der Waals surface area contributed by atoms with Crippen LogP contribution in [0, 0.1) is 0 Å². The van der Waals surface area contributed by atoms with Crippen LogP contribution in [0.3, 0.4) is 0 Å². The summed E-state index contributed by atoms with van der Waals surface area (Å²) in [5.41, 5.74) is 2.76. The fourth-order valence-corrected chi connectivity index (χ4v) is 1.84. The van der Waals surface area contributed by atoms with E-state index in [0.717, 1.165) is 16.7 Å². The van der Waals surface area contributed by atoms with Crippen LogP contribution in [0.25, 0.3) is 0 Å². The molecule has 1 aromatic carbocycles. The zero-order valence-corrected chi connectivity index (χ0v) is 9.24. The van der Waals surface area contributed by atoms with E-state index in [-0.39, 0.29) is 11.3 Å². The molecule has 2 rings (SSSR count). The van der Waals surface area contributed by atoms with Crippen molar-refractivity contribution in [2.45, 2.75) is 32.7 Å². The number of rotatable bonds is 0. The first kappa shape index (κ1) is 10.0. The molecule has 1 heterocycles. The Morgan fingerprint density at radius 1 is 1.27 bits per heavy atom. The predicted molar refractivity (Wildman–Crippen MR) is 58.0 cm³/mol. The topological polar surface area (TPSA) is 41.8 Å². The van der Waals surface area contributed by atoms with E-state index in [2.05, 4.69) is 31.0 Å². The molecule has 0 saturated carbocycles. The van der Waals surface area contributed by atoms with Gasteiger partial charge in [-0.2, -0.15) is 5.11 Å². The van der Waals surface area contributed by atoms with Crippen LogP contribution in [-0.2, 0) is 12.0 Å². The van der Waals surface area contributed by atoms with Crippen LogP contribution in [0.5, 0.6) is 0 Å². The average Bonchev–Trinajstić information content (AvgIpc) is 2.16. The number of fused-ring (bicyclic) bond motifs is 1. The molecule has 1 aromatic rings. The zero-order chi connectivity index (χ0) is 11.1. The molecule has 1 aliphatic heterocycles. The number of nitrogens with zero attached hydrogens (tertiary/aromatic N) is 2. The van der Waals surface area contributed by atoms with Crippen molar-refractivity contribution in [1.29, 1.82) is 0 Å². The van der Waals surface area contributed by atoms with E-state index >= 15 is 0 Å². The fraction of sp³-hybridized carbons (Fsp3) is 0.417. The standard InChI is InChI=1S/C12H14N2O/c1-12(2,3)9-6-4-5-8-7-13-14-11(15)10(8)9/h4-6H,7H2,1-3H3. The minimum atomic E-state index is -0.207. The van der Waals surface area contributed by atoms with Crippen molar-refractivity contribution in [3.8, 4) is 0 Å². The molecule has 1 amide bonds. The van der Waals surface area contributed by atoms with E-state index in [4.69, 9.17) is 0 Å². The van der Waals surface area contributed by atoms with Gasteiger partial charge < -0.3 is 0 Å². The number of azo groups is 1. The van der Waals surface area contributed by atoms with Gasteiger partial charge in [-0.1, -0.05) is 39.0 Å². The molecule has 0 unspecified atom stereocenters. The van der Waals surface area contributed by atoms with Crippen LogP contribution in [-0.4, -0.2) is 5.91 Å². The van der Waals surface area contributed by atoms with Gasteiger partial charge in [0.15, 0.2) is 0 Å². The Bertz CT molecular complexity index is 441. The first-order valence-electron chi connectivity index (χ1n) is 5.04. The van der Waals surface area contributed by atoms with E-state index in [1.165, 1.54) is 0 Å². The maximum atomic E-state index is 11.7. The van der Waals surface area contributed by atoms with Crippen molar-refractivity contribution < 1.29 is 4.79 Å². The monoisotopic (exact) mass is 202 g/mol. The summed E-state index contributed by atoms with van der Waals surface area (Å²) in [6.45, 7) is 6.82. The summed E-state index contributed by atoms with van der Waals surface area (Å²) in [7, 11) is 0. The second kappa shape index (κ2) is 3.26. The molecule has 3 heteroatoms. The third-order valence-electron chi connectivity index (χ3n) is 2.58. The van der Waals surface area contributed by atoms with E-state index in [1.807, 2.05) is 18.2 Å². The Morgan fingerprint density at radius 3 is 2.67 bits per heavy atom. The van der Waals surface area contributed by atoms with Crippen molar-refractivity contribution >= 4 is 5.91 Å². The van der Waals surface area contributed by atoms with Crippen molar-refractivity contribution in [3.05, 3.63) is 34.9 Å². The molecule has 0 aliphatic carbocycles. The highest BCUT2D eigenvalue weighted by molar-refractivity contribution is 5.98. The first-order chi connectivity index (χ1) is 7.00. The highest BCUT2D eigenvalue weighted by Crippen LogP contribution is 2.30. The van der Waals surface area contributed by atoms with Crippen molar-refractivity contribution in [3.63, 3.8) is 0 Å². The second-order valence-corrected chi connectivity index (χ2v) is 4.79. The predicted octanol–water partition coefficient (Wildman–Crippen LogP) is 3.09. The van der Waals surface area contributed by atoms with Crippen LogP contribution >= 0.6 is 0 Å². The molecule has 78 valence electrons. The summed E-state index contributed by atoms with van der Waals surface area (Å²) in [4.78, 5) is 11.7. The molecule has 0 saturated heterocycles. The highest BCUT2D eigenvalue weighted by atomic mass is 16.1. The molecule has 15 heavy (non-hydrogen) atoms. The normalized spacial score (nSPS) is 15.3. The molecule has 0 bridgehead atoms. The SMILES string of the molecule is CC(C)(C)c1cccc2c1C(=O)N=NC2. The molecule has 0 radical (unpaired) electrons. The molecule has 0 N–H and O–H groups in total. The van der Waals surface area contributed by atoms with Gasteiger partial charge in [0, 0.05) is 0 Å². The highest BCUT2D eigenvalue weighted by Gasteiger charge is 2.25. The average molecular weight is 202 g/mol. The summed E-state index contributed by atoms with van der Waals surface area (Å²) >= 11 is 0. The van der Waals surface area contributed by atoms with Crippen molar-refractivity contribution in [2.75, 3.05) is 0 Å². The molecule has 0 atom stereocenters. The van der Waals surface area contributed by atoms with E-state index in [1.54, 1.807) is 0 Å². The summed E-state index contributed by atoms with van der Waals surface area (Å²) in [6.07, 6.45) is 0. The van der Waals surface area contributed by atoms with Crippen molar-refractivity contribution in [2.24, 2.45) is 10.2 Å². The van der Waals surface area contributed by atoms with Crippen LogP contribution in [0.2, 0.25) is 0 Å². The summed E-state index contributed by atoms with van der Waals surface area (Å²) in [6, 6.07) is 5.92. The van der Waals surface area contributed by atoms with Crippen LogP contribution in [0.15, 0.2) is 28.4 Å². The third-order valence-corrected chi connectivity index (χ3v) is 2.58. The lowest BCUT2D eigenvalue weighted by Gasteiger charge is -2.23. The third kappa shape index (κ3) is 1.69. The molecular formula is C12H14N2O. The van der Waals surface area contributed by atoms with E-state index < -0.39 is 0 Å². The van der Waals surface area contributed by atoms with Gasteiger partial charge in [0.05, 0.1) is 12.1 Å². The Kier molecular flexibility index (Phi) is 2.18. The number of hydrogen-bond donors (Lipinski definition) is 0. The summed E-state index contributed by atoms with van der Waals surface area (Å²) < 4.78 is 0. The molecule has 3 nitrogen and oxygen atoms in total. The number of amides is 1. The maximum absolute atomic E-state index is 11.7. The molecule has 0 spiro atoms. The Labute approximate surface area is 89.2 Å². The Morgan fingerprint density at radius 2 is 2.00 bits per heavy atom. The minimum absolute atomic E-state index is 0.0339. The van der Waals surface area contributed by atoms with Gasteiger partial charge in [-0.15, -0.1) is 5.11 Å². The minimum Gasteiger partial charge on any atom is -0.265 e. The van der Waals surface area contributed by atoms with Crippen LogP contribution in [0.1, 0.15) is 42.3 Å². The van der Waals surface area contributed by atoms with Gasteiger partial charge in [0.25, 0.3) is 5.91 Å². The molecule has 0 fully saturated rings. The number of carbonyl (C=O) groups is 1. The van der Waals surface area contributed by atoms with E-state index in [9.17, 15) is 4.79 Å². The molecule has 0 aromatic heterocycles. The van der Waals surface area contributed by atoms with Gasteiger partial charge in [0.2, 0.25) is 0 Å². The maximum Gasteiger partial charge on any atom is 0.295 e. The van der Waals surface area contributed by atoms with Crippen LogP contribution in [0.4, 0.5) is 0 Å². The van der Waals surface area contributed by atoms with Crippen molar-refractivity contribution in [1.82, 2.24) is 0 Å². The second-order valence-electron chi connectivity index (χ2n) is 4.79. The van der Waals surface area contributed by atoms with Gasteiger partial charge >= 0.3 is 0 Å². The Balaban J connectivity index is 2.65. The number of carbonyl (C=O) groups excluding carboxylic acids is 1. The summed E-state index contributed by atoms with van der Waals surface area (Å²) in [5, 5.41) is 7.43. The van der Waals surface area contributed by atoms with Gasteiger partial charge in [-0.25, -0.2) is 0 Å². The lowest BCUT2D eigenvalue weighted by molar-refractivity contribution is 0.0985. The summed E-state index contributed by atoms with van der Waals surface area (Å²) in [5.74, 6) is -0.207. The fourth-order valence-electron chi connectivity index (χ4n) is 1.84. The molecule has 1 aliphatic rings. The number of hydrogen-bond acceptors (Lipinski definition) is 2. The number of benzene rings is 1. The smallest absolute Gasteiger partial charge is 0.265 e. The lowest BCUT2D eigenvalue weighted by atomic mass is 9.81. The largest absolute Gasteiger partial charge is 0.295 e. The molecular weight excluding hydrogens is 188 g/mol. The lowest BCUT2D eigenvalue weighted by Crippen LogP contribution is -2.19. The van der Waals surface area contributed by atoms with Gasteiger partial charge in [-0.05, 0) is 16.5 Å².